The third kappa shape index (κ3) is 10.7. The van der Waals surface area contributed by atoms with Gasteiger partial charge in [0.1, 0.15) is 5.75 Å². The number of aliphatic hydroxyl groups excluding tert-OH is 1. The third-order valence-corrected chi connectivity index (χ3v) is 9.53. The zero-order valence-electron chi connectivity index (χ0n) is 34.4. The molecule has 59 heavy (non-hydrogen) atoms. The first-order chi connectivity index (χ1) is 27.3. The Morgan fingerprint density at radius 3 is 1.85 bits per heavy atom. The lowest BCUT2D eigenvalue weighted by Crippen LogP contribution is -2.21. The zero-order chi connectivity index (χ0) is 43.8. The number of hydrogen-bond donors (Lipinski definition) is 6. The molecule has 3 aromatic heterocycles. The number of rotatable bonds is 7. The van der Waals surface area contributed by atoms with Crippen LogP contribution in [0.5, 0.6) is 11.5 Å². The first-order valence-electron chi connectivity index (χ1n) is 18.0. The van der Waals surface area contributed by atoms with Crippen molar-refractivity contribution in [1.82, 2.24) is 20.3 Å². The Kier molecular flexibility index (Phi) is 17.1. The minimum absolute atomic E-state index is 0. The molecule has 320 valence electrons. The highest BCUT2D eigenvalue weighted by atomic mass is 16.9. The van der Waals surface area contributed by atoms with Gasteiger partial charge in [-0.05, 0) is 88.4 Å². The van der Waals surface area contributed by atoms with Gasteiger partial charge in [0.05, 0.1) is 60.7 Å². The van der Waals surface area contributed by atoms with E-state index < -0.39 is 10.0 Å². The van der Waals surface area contributed by atoms with Gasteiger partial charge in [-0.3, -0.25) is 24.5 Å². The van der Waals surface area contributed by atoms with Gasteiger partial charge in [-0.15, -0.1) is 10.1 Å². The van der Waals surface area contributed by atoms with E-state index in [0.29, 0.717) is 50.2 Å². The van der Waals surface area contributed by atoms with Crippen LogP contribution >= 0.6 is 0 Å². The average Bonchev–Trinajstić information content (AvgIpc) is 3.91. The summed E-state index contributed by atoms with van der Waals surface area (Å²) in [4.78, 5) is 64.0. The van der Waals surface area contributed by atoms with E-state index in [0.717, 1.165) is 45.5 Å². The maximum atomic E-state index is 12.2. The number of hydrogen-bond acceptors (Lipinski definition) is 12. The number of carbonyl (C=O) groups excluding carboxylic acids is 3. The molecule has 0 spiro atoms. The number of ether oxygens (including phenoxy) is 3. The summed E-state index contributed by atoms with van der Waals surface area (Å²) >= 11 is 0. The number of ketones is 3. The highest BCUT2D eigenvalue weighted by Crippen LogP contribution is 2.40. The molecule has 0 radical (unpaired) electrons. The monoisotopic (exact) mass is 822 g/mol. The Bertz CT molecular complexity index is 2410. The van der Waals surface area contributed by atoms with Crippen LogP contribution in [0.3, 0.4) is 0 Å². The molecular weight excluding hydrogens is 768 g/mol. The van der Waals surface area contributed by atoms with E-state index in [2.05, 4.69) is 20.3 Å². The number of carbonyl (C=O) groups is 3. The molecule has 7 rings (SSSR count). The van der Waals surface area contributed by atoms with Crippen molar-refractivity contribution in [2.75, 3.05) is 34.4 Å². The molecule has 0 unspecified atom stereocenters. The molecule has 0 bridgehead atoms. The Hall–Kier alpha value is -6.53. The summed E-state index contributed by atoms with van der Waals surface area (Å²) in [6, 6.07) is 5.77. The lowest BCUT2D eigenvalue weighted by molar-refractivity contribution is -0.742. The second kappa shape index (κ2) is 20.8. The normalized spacial score (nSPS) is 12.3. The quantitative estimate of drug-likeness (QED) is 0.0409. The van der Waals surface area contributed by atoms with Crippen molar-refractivity contribution < 1.29 is 48.9 Å². The van der Waals surface area contributed by atoms with Gasteiger partial charge < -0.3 is 44.8 Å². The summed E-state index contributed by atoms with van der Waals surface area (Å²) in [6.45, 7) is 16.8. The summed E-state index contributed by atoms with van der Waals surface area (Å²) in [6.07, 6.45) is 0.765. The summed E-state index contributed by atoms with van der Waals surface area (Å²) in [5, 5.41) is 38.6. The van der Waals surface area contributed by atoms with E-state index in [1.165, 1.54) is 27.3 Å². The molecule has 6 N–H and O–H groups in total. The number of fused-ring (bicyclic) bond motifs is 3. The number of aromatic amines is 3. The third-order valence-electron chi connectivity index (χ3n) is 9.53. The van der Waals surface area contributed by atoms with E-state index in [1.54, 1.807) is 40.9 Å². The number of benzene rings is 2. The number of H-pyrrole nitrogens is 3. The van der Waals surface area contributed by atoms with Crippen molar-refractivity contribution in [1.29, 1.82) is 0 Å². The van der Waals surface area contributed by atoms with Crippen LogP contribution in [-0.4, -0.2) is 87.0 Å². The number of nitrogens with zero attached hydrogens (tertiary/aromatic N) is 2. The van der Waals surface area contributed by atoms with E-state index in [4.69, 9.17) is 29.5 Å². The van der Waals surface area contributed by atoms with E-state index in [9.17, 15) is 29.6 Å². The maximum Gasteiger partial charge on any atom is 0.320 e. The number of nitrogens with one attached hydrogen (secondary N) is 4. The number of Topliss-reactive ketones (excluding diaryl/α,β-unsaturated/α-hetero) is 3. The van der Waals surface area contributed by atoms with Crippen molar-refractivity contribution in [3.8, 4) is 11.5 Å². The Morgan fingerprint density at radius 1 is 0.814 bits per heavy atom. The average molecular weight is 823 g/mol. The Labute approximate surface area is 341 Å². The Morgan fingerprint density at radius 2 is 1.39 bits per heavy atom. The van der Waals surface area contributed by atoms with Gasteiger partial charge in [0, 0.05) is 53.4 Å². The van der Waals surface area contributed by atoms with E-state index in [1.807, 2.05) is 39.8 Å². The van der Waals surface area contributed by atoms with Gasteiger partial charge in [-0.25, -0.2) is 0 Å². The Balaban J connectivity index is 0.000000279. The van der Waals surface area contributed by atoms with Crippen LogP contribution in [0.15, 0.2) is 29.5 Å². The highest BCUT2D eigenvalue weighted by Gasteiger charge is 2.35. The topological polar surface area (TPSA) is 275 Å². The van der Waals surface area contributed by atoms with Crippen LogP contribution in [0.25, 0.3) is 21.8 Å². The molecule has 1 saturated heterocycles. The molecule has 18 heteroatoms. The second-order valence-electron chi connectivity index (χ2n) is 13.3. The smallest absolute Gasteiger partial charge is 0.320 e. The van der Waals surface area contributed by atoms with Crippen molar-refractivity contribution >= 4 is 44.8 Å². The molecule has 0 amide bonds. The lowest BCUT2D eigenvalue weighted by Gasteiger charge is -2.15. The summed E-state index contributed by atoms with van der Waals surface area (Å²) in [7, 11) is 4.48. The predicted octanol–water partition coefficient (Wildman–Crippen LogP) is 7.25. The SMILES string of the molecule is C.C1CN1.CCc1[nH]c2c(c1C)C(=O)C(OC)=C(C)C2=O.COc1c(C)cc2[nH]c(CO)c(C)c2c1[N+](=O)[O-].COc1cc2c(C)c(C(C)=O)[nH]c2cc1C.O=[N+]([O-])O. The molecule has 2 aliphatic rings. The number of methoxy groups -OCH3 is 3. The molecule has 0 saturated carbocycles. The summed E-state index contributed by atoms with van der Waals surface area (Å²) in [5.74, 6) is 0.980. The highest BCUT2D eigenvalue weighted by molar-refractivity contribution is 6.26. The molecule has 2 aromatic carbocycles. The van der Waals surface area contributed by atoms with Crippen LogP contribution in [0.2, 0.25) is 0 Å². The molecule has 18 nitrogen and oxygen atoms in total. The van der Waals surface area contributed by atoms with Crippen LogP contribution in [0.4, 0.5) is 5.69 Å². The number of nitro groups is 1. The van der Waals surface area contributed by atoms with Crippen molar-refractivity contribution in [3.63, 3.8) is 0 Å². The molecule has 1 aliphatic heterocycles. The van der Waals surface area contributed by atoms with Gasteiger partial charge in [0.2, 0.25) is 17.3 Å². The molecule has 1 aliphatic carbocycles. The van der Waals surface area contributed by atoms with Crippen molar-refractivity contribution in [2.24, 2.45) is 0 Å². The molecule has 0 atom stereocenters. The van der Waals surface area contributed by atoms with Crippen LogP contribution in [-0.2, 0) is 17.8 Å². The van der Waals surface area contributed by atoms with E-state index >= 15 is 0 Å². The van der Waals surface area contributed by atoms with Gasteiger partial charge in [0.15, 0.2) is 11.5 Å². The van der Waals surface area contributed by atoms with Gasteiger partial charge >= 0.3 is 5.69 Å². The maximum absolute atomic E-state index is 12.2. The fraction of sp³-hybridized carbons (Fsp3) is 0.390. The van der Waals surface area contributed by atoms with Gasteiger partial charge in [0.25, 0.3) is 5.09 Å². The number of aryl methyl sites for hydroxylation is 5. The first-order valence-corrected chi connectivity index (χ1v) is 18.0. The predicted molar refractivity (Wildman–Crippen MR) is 223 cm³/mol. The number of allylic oxidation sites excluding steroid dienone is 2. The minimum atomic E-state index is -1.50. The fourth-order valence-electron chi connectivity index (χ4n) is 6.57. The van der Waals surface area contributed by atoms with Crippen LogP contribution in [0.1, 0.15) is 98.7 Å². The summed E-state index contributed by atoms with van der Waals surface area (Å²) < 4.78 is 15.4. The first kappa shape index (κ1) is 48.6. The molecule has 1 fully saturated rings. The van der Waals surface area contributed by atoms with Crippen molar-refractivity contribution in [3.05, 3.63) is 106 Å². The zero-order valence-corrected chi connectivity index (χ0v) is 34.4. The fourth-order valence-corrected chi connectivity index (χ4v) is 6.57. The molecular formula is C41H54N6O12. The van der Waals surface area contributed by atoms with Crippen LogP contribution in [0, 0.1) is 54.8 Å². The largest absolute Gasteiger partial charge is 0.496 e. The second-order valence-corrected chi connectivity index (χ2v) is 13.3. The number of aliphatic hydroxyl groups is 1. The number of aromatic nitrogens is 3. The van der Waals surface area contributed by atoms with Gasteiger partial charge in [-0.1, -0.05) is 14.4 Å². The molecule has 4 heterocycles. The van der Waals surface area contributed by atoms with Gasteiger partial charge in [-0.2, -0.15) is 0 Å². The molecule has 5 aromatic rings. The lowest BCUT2D eigenvalue weighted by atomic mass is 9.92. The minimum Gasteiger partial charge on any atom is -0.496 e. The van der Waals surface area contributed by atoms with Crippen molar-refractivity contribution in [2.45, 2.75) is 75.8 Å². The number of nitro benzene ring substituents is 1. The summed E-state index contributed by atoms with van der Waals surface area (Å²) in [5.41, 5.74) is 9.27. The standard InChI is InChI=1S/C13H15NO3.C13H15NO2.C12H14N2O4.C2H5N.CH4.HNO3/c1-5-8-6(2)9-10(14-8)11(15)7(3)13(17-4)12(9)16;1-7-5-11-10(6-12(7)16-4)8(2)13(14-11)9(3)15;1-6-4-8-10(7(2)9(5-15)13-8)11(14(16)17)12(6)18-3;1-2-3-1;;2-1(3)4/h14H,5H2,1-4H3;5-6,14H,1-4H3;4,13,15H,5H2,1-3H3;3H,1-2H2;1H4;(H,2,3,4). The van der Waals surface area contributed by atoms with Crippen LogP contribution < -0.4 is 14.8 Å². The van der Waals surface area contributed by atoms with E-state index in [-0.39, 0.29) is 48.6 Å².